The molecule has 156 valence electrons. The third-order valence-electron chi connectivity index (χ3n) is 6.28. The Hall–Kier alpha value is -0.943. The summed E-state index contributed by atoms with van der Waals surface area (Å²) < 4.78 is 12.2. The molecule has 4 nitrogen and oxygen atoms in total. The van der Waals surface area contributed by atoms with Crippen LogP contribution in [0.25, 0.3) is 0 Å². The zero-order valence-corrected chi connectivity index (χ0v) is 20.1. The summed E-state index contributed by atoms with van der Waals surface area (Å²) in [6.07, 6.45) is 2.99. The topological polar surface area (TPSA) is 52.6 Å². The molecule has 3 unspecified atom stereocenters. The molecule has 0 heterocycles. The molecule has 27 heavy (non-hydrogen) atoms. The first-order valence-electron chi connectivity index (χ1n) is 10.0. The standard InChI is InChI=1S/C22H40O4Si/c1-12-22(9)14-13-16(26-27(10,11)21(6,7)8)15(2)18(23)17(22)19(24)25-20(3,4)5/h12,15-17H,1,13-14H2,2-11H3/t15?,16-,17?,22?/m0/s1. The van der Waals surface area contributed by atoms with E-state index in [4.69, 9.17) is 9.16 Å². The van der Waals surface area contributed by atoms with E-state index in [1.165, 1.54) is 0 Å². The highest BCUT2D eigenvalue weighted by molar-refractivity contribution is 6.74. The Labute approximate surface area is 167 Å². The van der Waals surface area contributed by atoms with Crippen molar-refractivity contribution >= 4 is 20.1 Å². The number of ketones is 1. The molecule has 1 rings (SSSR count). The van der Waals surface area contributed by atoms with E-state index in [1.54, 1.807) is 6.08 Å². The average Bonchev–Trinajstić information content (AvgIpc) is 2.55. The summed E-state index contributed by atoms with van der Waals surface area (Å²) in [5.41, 5.74) is -1.26. The fraction of sp³-hybridized carbons (Fsp3) is 0.818. The maximum atomic E-state index is 13.4. The lowest BCUT2D eigenvalue weighted by molar-refractivity contribution is -0.166. The van der Waals surface area contributed by atoms with Crippen molar-refractivity contribution in [1.29, 1.82) is 0 Å². The van der Waals surface area contributed by atoms with Gasteiger partial charge in [-0.15, -0.1) is 6.58 Å². The van der Waals surface area contributed by atoms with Crippen molar-refractivity contribution in [2.45, 2.75) is 98.1 Å². The van der Waals surface area contributed by atoms with Gasteiger partial charge in [0.15, 0.2) is 14.1 Å². The van der Waals surface area contributed by atoms with Crippen molar-refractivity contribution in [3.8, 4) is 0 Å². The molecule has 0 bridgehead atoms. The number of carbonyl (C=O) groups excluding carboxylic acids is 2. The minimum Gasteiger partial charge on any atom is -0.459 e. The van der Waals surface area contributed by atoms with Crippen LogP contribution in [-0.4, -0.2) is 31.8 Å². The molecule has 1 aliphatic carbocycles. The molecule has 5 heteroatoms. The van der Waals surface area contributed by atoms with Crippen LogP contribution in [0.4, 0.5) is 0 Å². The summed E-state index contributed by atoms with van der Waals surface area (Å²) in [4.78, 5) is 26.3. The predicted molar refractivity (Wildman–Crippen MR) is 113 cm³/mol. The van der Waals surface area contributed by atoms with Crippen molar-refractivity contribution in [2.75, 3.05) is 0 Å². The number of rotatable bonds is 4. The van der Waals surface area contributed by atoms with E-state index >= 15 is 0 Å². The van der Waals surface area contributed by atoms with Gasteiger partial charge in [0.2, 0.25) is 0 Å². The van der Waals surface area contributed by atoms with E-state index in [9.17, 15) is 9.59 Å². The van der Waals surface area contributed by atoms with Gasteiger partial charge in [-0.2, -0.15) is 0 Å². The molecule has 0 N–H and O–H groups in total. The van der Waals surface area contributed by atoms with E-state index in [2.05, 4.69) is 40.4 Å². The maximum Gasteiger partial charge on any atom is 0.317 e. The molecule has 0 radical (unpaired) electrons. The normalized spacial score (nSPS) is 30.6. The Kier molecular flexibility index (Phi) is 6.98. The maximum absolute atomic E-state index is 13.4. The summed E-state index contributed by atoms with van der Waals surface area (Å²) >= 11 is 0. The van der Waals surface area contributed by atoms with Crippen LogP contribution in [0.1, 0.15) is 68.2 Å². The van der Waals surface area contributed by atoms with Gasteiger partial charge >= 0.3 is 5.97 Å². The van der Waals surface area contributed by atoms with Crippen LogP contribution in [0.2, 0.25) is 18.1 Å². The summed E-state index contributed by atoms with van der Waals surface area (Å²) in [7, 11) is -2.02. The van der Waals surface area contributed by atoms with E-state index in [-0.39, 0.29) is 22.8 Å². The predicted octanol–water partition coefficient (Wildman–Crippen LogP) is 5.53. The largest absolute Gasteiger partial charge is 0.459 e. The minimum atomic E-state index is -2.02. The van der Waals surface area contributed by atoms with Gasteiger partial charge in [-0.1, -0.05) is 40.7 Å². The van der Waals surface area contributed by atoms with Crippen molar-refractivity contribution in [2.24, 2.45) is 17.3 Å². The quantitative estimate of drug-likeness (QED) is 0.206. The van der Waals surface area contributed by atoms with E-state index in [0.29, 0.717) is 6.42 Å². The fourth-order valence-electron chi connectivity index (χ4n) is 3.30. The van der Waals surface area contributed by atoms with Gasteiger partial charge in [0.25, 0.3) is 0 Å². The Balaban J connectivity index is 3.23. The molecular formula is C22H40O4Si. The lowest BCUT2D eigenvalue weighted by atomic mass is 9.72. The molecule has 0 saturated heterocycles. The molecular weight excluding hydrogens is 356 g/mol. The Morgan fingerprint density at radius 1 is 1.22 bits per heavy atom. The molecule has 0 aromatic rings. The molecule has 1 aliphatic rings. The zero-order chi connectivity index (χ0) is 21.4. The van der Waals surface area contributed by atoms with Crippen LogP contribution >= 0.6 is 0 Å². The second-order valence-corrected chi connectivity index (χ2v) is 15.6. The van der Waals surface area contributed by atoms with Crippen LogP contribution in [-0.2, 0) is 18.8 Å². The first-order valence-corrected chi connectivity index (χ1v) is 12.9. The van der Waals surface area contributed by atoms with Gasteiger partial charge in [0.1, 0.15) is 11.5 Å². The average molecular weight is 397 g/mol. The molecule has 1 saturated carbocycles. The summed E-state index contributed by atoms with van der Waals surface area (Å²) in [6, 6.07) is 0. The highest BCUT2D eigenvalue weighted by Gasteiger charge is 2.51. The van der Waals surface area contributed by atoms with Crippen LogP contribution in [0.3, 0.4) is 0 Å². The van der Waals surface area contributed by atoms with Gasteiger partial charge in [-0.05, 0) is 51.7 Å². The third-order valence-corrected chi connectivity index (χ3v) is 10.8. The van der Waals surface area contributed by atoms with Crippen LogP contribution in [0, 0.1) is 17.3 Å². The lowest BCUT2D eigenvalue weighted by Gasteiger charge is -2.40. The Morgan fingerprint density at radius 3 is 2.15 bits per heavy atom. The summed E-state index contributed by atoms with van der Waals surface area (Å²) in [6.45, 7) is 24.2. The SMILES string of the molecule is C=CC1(C)CC[C@H](O[Si](C)(C)C(C)(C)C)C(C)C(=O)C1C(=O)OC(C)(C)C. The first-order chi connectivity index (χ1) is 12.0. The van der Waals surface area contributed by atoms with Gasteiger partial charge in [0.05, 0.1) is 6.10 Å². The number of ether oxygens (including phenoxy) is 1. The van der Waals surface area contributed by atoms with Gasteiger partial charge in [-0.3, -0.25) is 9.59 Å². The van der Waals surface area contributed by atoms with Crippen molar-refractivity contribution in [3.63, 3.8) is 0 Å². The smallest absolute Gasteiger partial charge is 0.317 e. The molecule has 1 fully saturated rings. The van der Waals surface area contributed by atoms with Crippen molar-refractivity contribution in [1.82, 2.24) is 0 Å². The fourth-order valence-corrected chi connectivity index (χ4v) is 4.73. The molecule has 0 aromatic carbocycles. The Bertz CT molecular complexity index is 582. The second-order valence-electron chi connectivity index (χ2n) is 10.8. The Morgan fingerprint density at radius 2 is 1.74 bits per heavy atom. The highest BCUT2D eigenvalue weighted by atomic mass is 28.4. The zero-order valence-electron chi connectivity index (χ0n) is 19.1. The lowest BCUT2D eigenvalue weighted by Crippen LogP contribution is -2.47. The molecule has 0 spiro atoms. The molecule has 4 atom stereocenters. The van der Waals surface area contributed by atoms with Crippen molar-refractivity contribution in [3.05, 3.63) is 12.7 Å². The second kappa shape index (κ2) is 7.82. The molecule has 0 aliphatic heterocycles. The number of allylic oxidation sites excluding steroid dienone is 1. The highest BCUT2D eigenvalue weighted by Crippen LogP contribution is 2.45. The summed E-state index contributed by atoms with van der Waals surface area (Å²) in [5, 5.41) is 0.0639. The van der Waals surface area contributed by atoms with Crippen LogP contribution in [0.5, 0.6) is 0 Å². The van der Waals surface area contributed by atoms with Crippen LogP contribution < -0.4 is 0 Å². The number of Topliss-reactive ketones (excluding diaryl/α,β-unsaturated/α-hetero) is 1. The molecule has 0 amide bonds. The number of esters is 1. The minimum absolute atomic E-state index is 0.0639. The van der Waals surface area contributed by atoms with E-state index in [1.807, 2.05) is 34.6 Å². The third kappa shape index (κ3) is 5.54. The first kappa shape index (κ1) is 24.1. The van der Waals surface area contributed by atoms with E-state index in [0.717, 1.165) is 6.42 Å². The van der Waals surface area contributed by atoms with Gasteiger partial charge < -0.3 is 9.16 Å². The molecule has 0 aromatic heterocycles. The van der Waals surface area contributed by atoms with Crippen molar-refractivity contribution < 1.29 is 18.8 Å². The number of hydrogen-bond acceptors (Lipinski definition) is 4. The monoisotopic (exact) mass is 396 g/mol. The number of carbonyl (C=O) groups is 2. The van der Waals surface area contributed by atoms with Gasteiger partial charge in [0, 0.05) is 11.3 Å². The van der Waals surface area contributed by atoms with Gasteiger partial charge in [-0.25, -0.2) is 0 Å². The summed E-state index contributed by atoms with van der Waals surface area (Å²) in [5.74, 6) is -1.72. The van der Waals surface area contributed by atoms with E-state index < -0.39 is 31.2 Å². The number of hydrogen-bond donors (Lipinski definition) is 0. The van der Waals surface area contributed by atoms with Crippen LogP contribution in [0.15, 0.2) is 12.7 Å².